The summed E-state index contributed by atoms with van der Waals surface area (Å²) in [5.74, 6) is 0.510. The van der Waals surface area contributed by atoms with E-state index in [2.05, 4.69) is 10.4 Å². The molecule has 0 aromatic carbocycles. The molecule has 3 N–H and O–H groups in total. The maximum Gasteiger partial charge on any atom is 0.317 e. The van der Waals surface area contributed by atoms with E-state index in [0.29, 0.717) is 19.0 Å². The lowest BCUT2D eigenvalue weighted by Crippen LogP contribution is -2.55. The van der Waals surface area contributed by atoms with Crippen LogP contribution in [0.3, 0.4) is 0 Å². The Morgan fingerprint density at radius 1 is 1.68 bits per heavy atom. The van der Waals surface area contributed by atoms with Gasteiger partial charge >= 0.3 is 6.03 Å². The Balaban J connectivity index is 1.46. The van der Waals surface area contributed by atoms with Crippen molar-refractivity contribution in [2.24, 2.45) is 18.7 Å². The van der Waals surface area contributed by atoms with E-state index in [9.17, 15) is 4.79 Å². The second kappa shape index (κ2) is 4.52. The number of nitrogens with two attached hydrogens (primary N) is 1. The zero-order valence-corrected chi connectivity index (χ0v) is 11.3. The van der Waals surface area contributed by atoms with E-state index in [1.165, 1.54) is 0 Å². The van der Waals surface area contributed by atoms with Gasteiger partial charge in [-0.1, -0.05) is 0 Å². The Labute approximate surface area is 112 Å². The van der Waals surface area contributed by atoms with Gasteiger partial charge in [0.2, 0.25) is 0 Å². The van der Waals surface area contributed by atoms with Crippen molar-refractivity contribution in [1.29, 1.82) is 0 Å². The number of rotatable bonds is 3. The molecular weight excluding hydrogens is 242 g/mol. The van der Waals surface area contributed by atoms with Crippen molar-refractivity contribution in [2.45, 2.75) is 24.8 Å². The van der Waals surface area contributed by atoms with Crippen molar-refractivity contribution >= 4 is 6.03 Å². The maximum absolute atomic E-state index is 12.1. The number of likely N-dealkylation sites (tertiary alicyclic amines) is 1. The molecule has 0 radical (unpaired) electrons. The zero-order valence-electron chi connectivity index (χ0n) is 11.3. The number of fused-ring (bicyclic) bond motifs is 1. The summed E-state index contributed by atoms with van der Waals surface area (Å²) < 4.78 is 1.83. The lowest BCUT2D eigenvalue weighted by Gasteiger charge is -2.39. The topological polar surface area (TPSA) is 76.2 Å². The first-order valence-electron chi connectivity index (χ1n) is 6.87. The number of aromatic nitrogens is 2. The summed E-state index contributed by atoms with van der Waals surface area (Å²) in [6.45, 7) is 2.15. The van der Waals surface area contributed by atoms with Crippen molar-refractivity contribution in [3.63, 3.8) is 0 Å². The number of hydrogen-bond donors (Lipinski definition) is 2. The van der Waals surface area contributed by atoms with Gasteiger partial charge in [-0.15, -0.1) is 0 Å². The Hall–Kier alpha value is -1.56. The highest BCUT2D eigenvalue weighted by Crippen LogP contribution is 2.42. The smallest absolute Gasteiger partial charge is 0.317 e. The van der Waals surface area contributed by atoms with Gasteiger partial charge in [0.25, 0.3) is 0 Å². The molecule has 1 aromatic heterocycles. The third-order valence-electron chi connectivity index (χ3n) is 4.56. The summed E-state index contributed by atoms with van der Waals surface area (Å²) in [7, 11) is 1.91. The van der Waals surface area contributed by atoms with E-state index < -0.39 is 0 Å². The number of carbonyl (C=O) groups is 1. The molecule has 6 heteroatoms. The first-order chi connectivity index (χ1) is 9.08. The summed E-state index contributed by atoms with van der Waals surface area (Å²) >= 11 is 0. The zero-order chi connectivity index (χ0) is 13.5. The lowest BCUT2D eigenvalue weighted by atomic mass is 9.70. The third-order valence-corrected chi connectivity index (χ3v) is 4.56. The van der Waals surface area contributed by atoms with Gasteiger partial charge in [0.05, 0.1) is 0 Å². The fourth-order valence-electron chi connectivity index (χ4n) is 3.10. The van der Waals surface area contributed by atoms with Crippen LogP contribution in [0.15, 0.2) is 12.3 Å². The Morgan fingerprint density at radius 2 is 2.53 bits per heavy atom. The largest absolute Gasteiger partial charge is 0.338 e. The molecule has 0 unspecified atom stereocenters. The van der Waals surface area contributed by atoms with Crippen LogP contribution in [0.25, 0.3) is 0 Å². The number of aryl methyl sites for hydroxylation is 1. The van der Waals surface area contributed by atoms with Crippen LogP contribution in [0.5, 0.6) is 0 Å². The highest BCUT2D eigenvalue weighted by Gasteiger charge is 2.51. The molecule has 0 spiro atoms. The molecule has 2 atom stereocenters. The highest BCUT2D eigenvalue weighted by atomic mass is 16.2. The molecule has 1 aromatic rings. The van der Waals surface area contributed by atoms with Crippen molar-refractivity contribution in [3.8, 4) is 0 Å². The molecule has 19 heavy (non-hydrogen) atoms. The van der Waals surface area contributed by atoms with E-state index >= 15 is 0 Å². The predicted octanol–water partition coefficient (Wildman–Crippen LogP) is 0.0953. The van der Waals surface area contributed by atoms with Gasteiger partial charge in [-0.3, -0.25) is 4.68 Å². The SMILES string of the molecule is Cn1nccc1CCNC(=O)N1C[C@@H]2CC[C@]2(N)C1. The van der Waals surface area contributed by atoms with Crippen LogP contribution in [0, 0.1) is 5.92 Å². The van der Waals surface area contributed by atoms with Gasteiger partial charge in [-0.2, -0.15) is 5.10 Å². The number of carbonyl (C=O) groups excluding carboxylic acids is 1. The van der Waals surface area contributed by atoms with Crippen LogP contribution in [0.1, 0.15) is 18.5 Å². The van der Waals surface area contributed by atoms with E-state index in [1.54, 1.807) is 6.20 Å². The maximum atomic E-state index is 12.1. The lowest BCUT2D eigenvalue weighted by molar-refractivity contribution is 0.187. The standard InChI is InChI=1S/C13H21N5O/c1-17-11(4-7-16-17)3-6-15-12(19)18-8-10-2-5-13(10,14)9-18/h4,7,10H,2-3,5-6,8-9,14H2,1H3,(H,15,19)/t10-,13-/m0/s1. The molecule has 3 rings (SSSR count). The fourth-order valence-corrected chi connectivity index (χ4v) is 3.10. The number of nitrogens with one attached hydrogen (secondary N) is 1. The molecule has 2 heterocycles. The number of hydrogen-bond acceptors (Lipinski definition) is 3. The molecule has 0 bridgehead atoms. The predicted molar refractivity (Wildman–Crippen MR) is 71.5 cm³/mol. The van der Waals surface area contributed by atoms with Gasteiger partial charge < -0.3 is 16.0 Å². The first kappa shape index (κ1) is 12.5. The fraction of sp³-hybridized carbons (Fsp3) is 0.692. The van der Waals surface area contributed by atoms with Crippen LogP contribution in [0.2, 0.25) is 0 Å². The third kappa shape index (κ3) is 2.20. The quantitative estimate of drug-likeness (QED) is 0.812. The van der Waals surface area contributed by atoms with Crippen LogP contribution >= 0.6 is 0 Å². The van der Waals surface area contributed by atoms with E-state index in [0.717, 1.165) is 31.5 Å². The summed E-state index contributed by atoms with van der Waals surface area (Å²) in [5, 5.41) is 7.07. The number of urea groups is 1. The molecule has 2 aliphatic rings. The van der Waals surface area contributed by atoms with Gasteiger partial charge in [-0.25, -0.2) is 4.79 Å². The number of nitrogens with zero attached hydrogens (tertiary/aromatic N) is 3. The minimum Gasteiger partial charge on any atom is -0.338 e. The monoisotopic (exact) mass is 263 g/mol. The Morgan fingerprint density at radius 3 is 3.05 bits per heavy atom. The normalized spacial score (nSPS) is 28.9. The van der Waals surface area contributed by atoms with Gasteiger partial charge in [0.15, 0.2) is 0 Å². The van der Waals surface area contributed by atoms with Crippen LogP contribution in [0.4, 0.5) is 4.79 Å². The van der Waals surface area contributed by atoms with E-state index in [1.807, 2.05) is 22.7 Å². The molecular formula is C13H21N5O. The average molecular weight is 263 g/mol. The highest BCUT2D eigenvalue weighted by molar-refractivity contribution is 5.74. The number of amides is 2. The van der Waals surface area contributed by atoms with Crippen LogP contribution in [-0.2, 0) is 13.5 Å². The molecule has 2 amide bonds. The Kier molecular flexibility index (Phi) is 2.97. The van der Waals surface area contributed by atoms with Crippen LogP contribution < -0.4 is 11.1 Å². The molecule has 104 valence electrons. The second-order valence-electron chi connectivity index (χ2n) is 5.78. The Bertz CT molecular complexity index is 485. The molecule has 1 aliphatic carbocycles. The minimum atomic E-state index is -0.0978. The van der Waals surface area contributed by atoms with E-state index in [4.69, 9.17) is 5.73 Å². The molecule has 2 fully saturated rings. The molecule has 1 saturated carbocycles. The summed E-state index contributed by atoms with van der Waals surface area (Å²) in [4.78, 5) is 13.9. The molecule has 1 saturated heterocycles. The minimum absolute atomic E-state index is 0.0152. The van der Waals surface area contributed by atoms with Gasteiger partial charge in [0, 0.05) is 50.5 Å². The van der Waals surface area contributed by atoms with E-state index in [-0.39, 0.29) is 11.6 Å². The summed E-state index contributed by atoms with van der Waals surface area (Å²) in [6, 6.07) is 1.98. The van der Waals surface area contributed by atoms with Crippen molar-refractivity contribution in [2.75, 3.05) is 19.6 Å². The van der Waals surface area contributed by atoms with Crippen molar-refractivity contribution < 1.29 is 4.79 Å². The van der Waals surface area contributed by atoms with Crippen LogP contribution in [-0.4, -0.2) is 45.9 Å². The first-order valence-corrected chi connectivity index (χ1v) is 6.87. The molecule has 6 nitrogen and oxygen atoms in total. The van der Waals surface area contributed by atoms with Crippen molar-refractivity contribution in [1.82, 2.24) is 20.0 Å². The summed E-state index contributed by atoms with van der Waals surface area (Å²) in [6.07, 6.45) is 4.78. The average Bonchev–Trinajstić information content (AvgIpc) is 2.87. The van der Waals surface area contributed by atoms with Crippen molar-refractivity contribution in [3.05, 3.63) is 18.0 Å². The molecule has 1 aliphatic heterocycles. The second-order valence-corrected chi connectivity index (χ2v) is 5.78. The van der Waals surface area contributed by atoms with Gasteiger partial charge in [-0.05, 0) is 24.8 Å². The summed E-state index contributed by atoms with van der Waals surface area (Å²) in [5.41, 5.74) is 7.25. The van der Waals surface area contributed by atoms with Gasteiger partial charge in [0.1, 0.15) is 0 Å².